The monoisotopic (exact) mass is 294 g/mol. The van der Waals surface area contributed by atoms with Crippen molar-refractivity contribution < 1.29 is 0 Å². The highest BCUT2D eigenvalue weighted by molar-refractivity contribution is 9.10. The van der Waals surface area contributed by atoms with Gasteiger partial charge in [0.15, 0.2) is 0 Å². The van der Waals surface area contributed by atoms with E-state index in [4.69, 9.17) is 5.73 Å². The molecule has 3 N–H and O–H groups in total. The number of nitrogen functional groups attached to an aromatic ring is 1. The van der Waals surface area contributed by atoms with Crippen molar-refractivity contribution >= 4 is 27.7 Å². The molecule has 0 radical (unpaired) electrons. The largest absolute Gasteiger partial charge is 0.383 e. The van der Waals surface area contributed by atoms with Crippen molar-refractivity contribution in [3.8, 4) is 0 Å². The van der Waals surface area contributed by atoms with E-state index in [1.165, 1.54) is 0 Å². The van der Waals surface area contributed by atoms with Crippen molar-refractivity contribution in [1.29, 1.82) is 0 Å². The third-order valence-electron chi connectivity index (χ3n) is 1.98. The summed E-state index contributed by atoms with van der Waals surface area (Å²) >= 11 is 3.25. The van der Waals surface area contributed by atoms with Crippen LogP contribution in [0.15, 0.2) is 23.1 Å². The molecule has 0 amide bonds. The summed E-state index contributed by atoms with van der Waals surface area (Å²) < 4.78 is 0.641. The zero-order valence-corrected chi connectivity index (χ0v) is 10.8. The molecule has 7 heteroatoms. The van der Waals surface area contributed by atoms with Crippen LogP contribution in [0.5, 0.6) is 0 Å². The number of nitrogens with one attached hydrogen (secondary N) is 1. The molecule has 2 heterocycles. The van der Waals surface area contributed by atoms with Crippen LogP contribution in [0, 0.1) is 6.92 Å². The molecule has 0 aliphatic carbocycles. The van der Waals surface area contributed by atoms with E-state index in [1.807, 2.05) is 6.92 Å². The summed E-state index contributed by atoms with van der Waals surface area (Å²) in [6.07, 6.45) is 3.43. The van der Waals surface area contributed by atoms with Gasteiger partial charge in [0.05, 0.1) is 24.1 Å². The fraction of sp³-hybridized carbons (Fsp3) is 0.200. The van der Waals surface area contributed by atoms with E-state index in [1.54, 1.807) is 18.5 Å². The molecule has 6 nitrogen and oxygen atoms in total. The van der Waals surface area contributed by atoms with Crippen LogP contribution in [0.3, 0.4) is 0 Å². The molecule has 0 saturated carbocycles. The number of aryl methyl sites for hydroxylation is 1. The first-order valence-corrected chi connectivity index (χ1v) is 5.74. The first kappa shape index (κ1) is 11.7. The van der Waals surface area contributed by atoms with Crippen molar-refractivity contribution in [3.63, 3.8) is 0 Å². The molecule has 2 rings (SSSR count). The summed E-state index contributed by atoms with van der Waals surface area (Å²) in [4.78, 5) is 16.5. The Morgan fingerprint density at radius 3 is 2.76 bits per heavy atom. The van der Waals surface area contributed by atoms with Crippen molar-refractivity contribution in [2.75, 3.05) is 11.1 Å². The van der Waals surface area contributed by atoms with Crippen LogP contribution in [-0.2, 0) is 6.54 Å². The van der Waals surface area contributed by atoms with Crippen LogP contribution in [-0.4, -0.2) is 19.9 Å². The second kappa shape index (κ2) is 5.05. The van der Waals surface area contributed by atoms with Gasteiger partial charge in [0, 0.05) is 12.3 Å². The molecular weight excluding hydrogens is 284 g/mol. The summed E-state index contributed by atoms with van der Waals surface area (Å²) in [6.45, 7) is 2.39. The highest BCUT2D eigenvalue weighted by atomic mass is 79.9. The van der Waals surface area contributed by atoms with Crippen LogP contribution < -0.4 is 11.1 Å². The van der Waals surface area contributed by atoms with Gasteiger partial charge < -0.3 is 11.1 Å². The van der Waals surface area contributed by atoms with E-state index in [-0.39, 0.29) is 0 Å². The standard InChI is InChI=1S/C10H11BrN6/c1-6-3-14-7(4-13-6)5-15-10-16-8(11)2-9(12)17-10/h2-4H,5H2,1H3,(H3,12,15,16,17). The summed E-state index contributed by atoms with van der Waals surface area (Å²) in [5.41, 5.74) is 7.30. The van der Waals surface area contributed by atoms with Gasteiger partial charge in [-0.3, -0.25) is 9.97 Å². The lowest BCUT2D eigenvalue weighted by atomic mass is 10.4. The third kappa shape index (κ3) is 3.35. The third-order valence-corrected chi connectivity index (χ3v) is 2.38. The average molecular weight is 295 g/mol. The average Bonchev–Trinajstić information content (AvgIpc) is 2.27. The molecule has 0 aliphatic rings. The van der Waals surface area contributed by atoms with Gasteiger partial charge >= 0.3 is 0 Å². The number of hydrogen-bond donors (Lipinski definition) is 2. The maximum Gasteiger partial charge on any atom is 0.226 e. The normalized spacial score (nSPS) is 10.2. The van der Waals surface area contributed by atoms with Crippen LogP contribution in [0.4, 0.5) is 11.8 Å². The van der Waals surface area contributed by atoms with Gasteiger partial charge in [0.1, 0.15) is 10.4 Å². The van der Waals surface area contributed by atoms with Crippen molar-refractivity contribution in [1.82, 2.24) is 19.9 Å². The van der Waals surface area contributed by atoms with E-state index in [2.05, 4.69) is 41.2 Å². The molecule has 0 unspecified atom stereocenters. The Morgan fingerprint density at radius 2 is 2.12 bits per heavy atom. The second-order valence-corrected chi connectivity index (χ2v) is 4.25. The van der Waals surface area contributed by atoms with E-state index in [0.717, 1.165) is 11.4 Å². The zero-order chi connectivity index (χ0) is 12.3. The Hall–Kier alpha value is -1.76. The molecule has 0 atom stereocenters. The molecule has 2 aromatic heterocycles. The number of hydrogen-bond acceptors (Lipinski definition) is 6. The number of halogens is 1. The van der Waals surface area contributed by atoms with Gasteiger partial charge in [-0.2, -0.15) is 4.98 Å². The number of rotatable bonds is 3. The number of nitrogens with two attached hydrogens (primary N) is 1. The molecule has 17 heavy (non-hydrogen) atoms. The minimum Gasteiger partial charge on any atom is -0.383 e. The Morgan fingerprint density at radius 1 is 1.29 bits per heavy atom. The minimum atomic E-state index is 0.407. The topological polar surface area (TPSA) is 89.6 Å². The fourth-order valence-electron chi connectivity index (χ4n) is 1.19. The molecule has 2 aromatic rings. The van der Waals surface area contributed by atoms with Gasteiger partial charge in [-0.15, -0.1) is 0 Å². The maximum absolute atomic E-state index is 5.60. The van der Waals surface area contributed by atoms with Crippen LogP contribution in [0.2, 0.25) is 0 Å². The lowest BCUT2D eigenvalue weighted by Gasteiger charge is -2.05. The molecule has 0 aromatic carbocycles. The SMILES string of the molecule is Cc1cnc(CNc2nc(N)cc(Br)n2)cn1. The van der Waals surface area contributed by atoms with Crippen molar-refractivity contribution in [3.05, 3.63) is 34.5 Å². The van der Waals surface area contributed by atoms with Gasteiger partial charge in [-0.25, -0.2) is 4.98 Å². The predicted molar refractivity (Wildman–Crippen MR) is 68.2 cm³/mol. The quantitative estimate of drug-likeness (QED) is 0.835. The van der Waals surface area contributed by atoms with Crippen LogP contribution in [0.25, 0.3) is 0 Å². The Bertz CT molecular complexity index is 492. The predicted octanol–water partition coefficient (Wildman–Crippen LogP) is 1.53. The Labute approximate surface area is 107 Å². The first-order valence-electron chi connectivity index (χ1n) is 4.95. The van der Waals surface area contributed by atoms with Gasteiger partial charge in [-0.1, -0.05) is 0 Å². The minimum absolute atomic E-state index is 0.407. The highest BCUT2D eigenvalue weighted by Gasteiger charge is 2.01. The summed E-state index contributed by atoms with van der Waals surface area (Å²) in [5, 5.41) is 3.03. The number of nitrogens with zero attached hydrogens (tertiary/aromatic N) is 4. The molecule has 0 spiro atoms. The van der Waals surface area contributed by atoms with Gasteiger partial charge in [0.25, 0.3) is 0 Å². The molecule has 0 aliphatic heterocycles. The maximum atomic E-state index is 5.60. The van der Waals surface area contributed by atoms with Gasteiger partial charge in [0.2, 0.25) is 5.95 Å². The molecule has 0 fully saturated rings. The Kier molecular flexibility index (Phi) is 3.48. The number of aromatic nitrogens is 4. The van der Waals surface area contributed by atoms with E-state index < -0.39 is 0 Å². The lowest BCUT2D eigenvalue weighted by Crippen LogP contribution is -2.07. The molecule has 0 bridgehead atoms. The molecule has 88 valence electrons. The van der Waals surface area contributed by atoms with Crippen molar-refractivity contribution in [2.45, 2.75) is 13.5 Å². The Balaban J connectivity index is 2.04. The summed E-state index contributed by atoms with van der Waals surface area (Å²) in [5.74, 6) is 0.864. The van der Waals surface area contributed by atoms with E-state index in [0.29, 0.717) is 22.9 Å². The fourth-order valence-corrected chi connectivity index (χ4v) is 1.60. The van der Waals surface area contributed by atoms with Gasteiger partial charge in [-0.05, 0) is 22.9 Å². The first-order chi connectivity index (χ1) is 8.13. The second-order valence-electron chi connectivity index (χ2n) is 3.44. The summed E-state index contributed by atoms with van der Waals surface area (Å²) in [6, 6.07) is 1.64. The molecule has 0 saturated heterocycles. The molecular formula is C10H11BrN6. The zero-order valence-electron chi connectivity index (χ0n) is 9.18. The highest BCUT2D eigenvalue weighted by Crippen LogP contribution is 2.12. The lowest BCUT2D eigenvalue weighted by molar-refractivity contribution is 0.961. The summed E-state index contributed by atoms with van der Waals surface area (Å²) in [7, 11) is 0. The van der Waals surface area contributed by atoms with Crippen molar-refractivity contribution in [2.24, 2.45) is 0 Å². The van der Waals surface area contributed by atoms with Crippen LogP contribution >= 0.6 is 15.9 Å². The smallest absolute Gasteiger partial charge is 0.226 e. The number of anilines is 2. The van der Waals surface area contributed by atoms with Crippen LogP contribution in [0.1, 0.15) is 11.4 Å². The van der Waals surface area contributed by atoms with E-state index in [9.17, 15) is 0 Å². The van der Waals surface area contributed by atoms with E-state index >= 15 is 0 Å².